The lowest BCUT2D eigenvalue weighted by Gasteiger charge is -2.38. The first-order valence-corrected chi connectivity index (χ1v) is 12.2. The van der Waals surface area contributed by atoms with E-state index in [1.54, 1.807) is 29.3 Å². The van der Waals surface area contributed by atoms with E-state index in [-0.39, 0.29) is 18.4 Å². The van der Waals surface area contributed by atoms with Gasteiger partial charge in [-0.2, -0.15) is 0 Å². The number of aliphatic imine (C=N–C) groups is 1. The largest absolute Gasteiger partial charge is 0.494 e. The minimum Gasteiger partial charge on any atom is -0.494 e. The summed E-state index contributed by atoms with van der Waals surface area (Å²) in [6.45, 7) is 2.77. The normalized spacial score (nSPS) is 19.8. The highest BCUT2D eigenvalue weighted by Gasteiger charge is 2.31. The van der Waals surface area contributed by atoms with Gasteiger partial charge >= 0.3 is 0 Å². The number of benzene rings is 1. The Balaban J connectivity index is 1.55. The SMILES string of the molecule is CN1CCCOc2cc(ccc2Cl)N=Cc2c(O)[nH]c3ncnc(c23)N2CCN(CC2)C(=O)[C@H]1CO. The first-order chi connectivity index (χ1) is 17.5. The van der Waals surface area contributed by atoms with Gasteiger partial charge in [0, 0.05) is 45.0 Å². The first-order valence-electron chi connectivity index (χ1n) is 11.8. The molecule has 1 aromatic carbocycles. The number of piperazine rings is 1. The smallest absolute Gasteiger partial charge is 0.242 e. The highest BCUT2D eigenvalue weighted by atomic mass is 35.5. The van der Waals surface area contributed by atoms with Crippen molar-refractivity contribution < 1.29 is 19.7 Å². The Bertz CT molecular complexity index is 1290. The van der Waals surface area contributed by atoms with Crippen LogP contribution in [0.3, 0.4) is 0 Å². The van der Waals surface area contributed by atoms with E-state index in [1.165, 1.54) is 6.33 Å². The molecule has 1 fully saturated rings. The van der Waals surface area contributed by atoms with E-state index in [9.17, 15) is 15.0 Å². The van der Waals surface area contributed by atoms with Crippen molar-refractivity contribution >= 4 is 46.3 Å². The second-order valence-corrected chi connectivity index (χ2v) is 9.28. The van der Waals surface area contributed by atoms with E-state index in [4.69, 9.17) is 16.3 Å². The molecule has 3 aliphatic heterocycles. The van der Waals surface area contributed by atoms with Gasteiger partial charge in [0.1, 0.15) is 29.6 Å². The molecule has 1 atom stereocenters. The van der Waals surface area contributed by atoms with Gasteiger partial charge in [0.25, 0.3) is 0 Å². The lowest BCUT2D eigenvalue weighted by Crippen LogP contribution is -2.55. The Labute approximate surface area is 213 Å². The van der Waals surface area contributed by atoms with E-state index in [1.807, 2.05) is 11.9 Å². The summed E-state index contributed by atoms with van der Waals surface area (Å²) >= 11 is 6.32. The van der Waals surface area contributed by atoms with Gasteiger partial charge in [-0.15, -0.1) is 0 Å². The number of aromatic nitrogens is 3. The van der Waals surface area contributed by atoms with Crippen LogP contribution in [0.25, 0.3) is 11.0 Å². The maximum Gasteiger partial charge on any atom is 0.242 e. The predicted octanol–water partition coefficient (Wildman–Crippen LogP) is 1.79. The van der Waals surface area contributed by atoms with Crippen molar-refractivity contribution in [3.63, 3.8) is 0 Å². The Morgan fingerprint density at radius 3 is 2.72 bits per heavy atom. The van der Waals surface area contributed by atoms with Gasteiger partial charge in [0.05, 0.1) is 34.9 Å². The van der Waals surface area contributed by atoms with Gasteiger partial charge in [-0.05, 0) is 25.6 Å². The van der Waals surface area contributed by atoms with E-state index in [0.717, 1.165) is 0 Å². The topological polar surface area (TPSA) is 130 Å². The number of aliphatic hydroxyl groups excluding tert-OH is 1. The van der Waals surface area contributed by atoms with Gasteiger partial charge in [-0.25, -0.2) is 9.97 Å². The number of H-pyrrole nitrogens is 1. The number of likely N-dealkylation sites (N-methyl/N-ethyl adjacent to an activating group) is 1. The van der Waals surface area contributed by atoms with E-state index in [0.29, 0.717) is 84.6 Å². The molecule has 1 amide bonds. The van der Waals surface area contributed by atoms with Crippen LogP contribution in [0.2, 0.25) is 5.02 Å². The molecule has 3 aliphatic rings. The highest BCUT2D eigenvalue weighted by molar-refractivity contribution is 6.32. The van der Waals surface area contributed by atoms with Crippen molar-refractivity contribution in [2.24, 2.45) is 4.99 Å². The molecule has 2 aromatic heterocycles. The Hall–Kier alpha value is -3.41. The van der Waals surface area contributed by atoms with Crippen LogP contribution in [0, 0.1) is 0 Å². The second kappa shape index (κ2) is 10.3. The highest BCUT2D eigenvalue weighted by Crippen LogP contribution is 2.33. The number of aromatic amines is 1. The van der Waals surface area contributed by atoms with Crippen molar-refractivity contribution in [3.05, 3.63) is 35.1 Å². The van der Waals surface area contributed by atoms with Crippen LogP contribution < -0.4 is 9.64 Å². The quantitative estimate of drug-likeness (QED) is 0.449. The number of anilines is 1. The van der Waals surface area contributed by atoms with Crippen LogP contribution in [0.1, 0.15) is 12.0 Å². The van der Waals surface area contributed by atoms with Gasteiger partial charge in [0.15, 0.2) is 5.88 Å². The zero-order valence-electron chi connectivity index (χ0n) is 19.9. The first kappa shape index (κ1) is 24.3. The lowest BCUT2D eigenvalue weighted by molar-refractivity contribution is -0.138. The fraction of sp³-hybridized carbons (Fsp3) is 0.417. The molecule has 1 saturated heterocycles. The van der Waals surface area contributed by atoms with E-state index >= 15 is 0 Å². The van der Waals surface area contributed by atoms with Crippen LogP contribution in [0.4, 0.5) is 11.5 Å². The molecule has 0 aliphatic carbocycles. The molecule has 0 radical (unpaired) electrons. The van der Waals surface area contributed by atoms with Crippen LogP contribution >= 0.6 is 11.6 Å². The third-order valence-corrected chi connectivity index (χ3v) is 6.95. The monoisotopic (exact) mass is 513 g/mol. The number of nitrogens with zero attached hydrogens (tertiary/aromatic N) is 6. The summed E-state index contributed by atoms with van der Waals surface area (Å²) in [5, 5.41) is 21.7. The maximum absolute atomic E-state index is 13.2. The predicted molar refractivity (Wildman–Crippen MR) is 137 cm³/mol. The molecule has 11 nitrogen and oxygen atoms in total. The number of fused-ring (bicyclic) bond motifs is 8. The Kier molecular flexibility index (Phi) is 6.95. The lowest BCUT2D eigenvalue weighted by atomic mass is 10.1. The standard InChI is InChI=1S/C24H28ClN7O4/c1-30-5-2-10-36-19-11-15(3-4-17(19)25)26-12-16-20-21(29-23(16)34)27-14-28-22(20)31-6-8-32(9-7-31)24(35)18(30)13-33/h3-4,11-12,14,18,33-34H,2,5-10,13H2,1H3,(H,27,28,29)/t18-/m1/s1. The van der Waals surface area contributed by atoms with Crippen LogP contribution in [0.5, 0.6) is 11.6 Å². The molecule has 0 saturated carbocycles. The molecule has 0 spiro atoms. The number of ether oxygens (including phenoxy) is 1. The number of nitrogens with one attached hydrogen (secondary N) is 1. The zero-order chi connectivity index (χ0) is 25.2. The summed E-state index contributed by atoms with van der Waals surface area (Å²) in [5.41, 5.74) is 1.57. The molecule has 3 aromatic rings. The summed E-state index contributed by atoms with van der Waals surface area (Å²) in [7, 11) is 1.83. The van der Waals surface area contributed by atoms with E-state index < -0.39 is 6.04 Å². The van der Waals surface area contributed by atoms with Gasteiger partial charge in [-0.1, -0.05) is 11.6 Å². The van der Waals surface area contributed by atoms with Crippen LogP contribution in [-0.4, -0.2) is 106 Å². The van der Waals surface area contributed by atoms with Crippen molar-refractivity contribution in [2.45, 2.75) is 12.5 Å². The van der Waals surface area contributed by atoms with Crippen molar-refractivity contribution in [1.29, 1.82) is 0 Å². The minimum atomic E-state index is -0.627. The number of amides is 1. The second-order valence-electron chi connectivity index (χ2n) is 8.87. The third-order valence-electron chi connectivity index (χ3n) is 6.64. The molecule has 190 valence electrons. The minimum absolute atomic E-state index is 0.0607. The fourth-order valence-corrected chi connectivity index (χ4v) is 4.78. The molecule has 4 bridgehead atoms. The number of aliphatic hydroxyl groups is 1. The Morgan fingerprint density at radius 1 is 1.17 bits per heavy atom. The van der Waals surface area contributed by atoms with Crippen molar-refractivity contribution in [3.8, 4) is 11.6 Å². The summed E-state index contributed by atoms with van der Waals surface area (Å²) in [6, 6.07) is 4.58. The molecular weight excluding hydrogens is 486 g/mol. The van der Waals surface area contributed by atoms with Gasteiger partial charge < -0.3 is 29.7 Å². The molecule has 12 heteroatoms. The Morgan fingerprint density at radius 2 is 1.94 bits per heavy atom. The summed E-state index contributed by atoms with van der Waals surface area (Å²) in [5.74, 6) is 0.978. The molecule has 5 heterocycles. The molecule has 6 rings (SSSR count). The summed E-state index contributed by atoms with van der Waals surface area (Å²) < 4.78 is 5.89. The fourth-order valence-electron chi connectivity index (χ4n) is 4.61. The zero-order valence-corrected chi connectivity index (χ0v) is 20.6. The number of rotatable bonds is 1. The number of hydrogen-bond acceptors (Lipinski definition) is 9. The molecule has 0 unspecified atom stereocenters. The summed E-state index contributed by atoms with van der Waals surface area (Å²) in [4.78, 5) is 35.1. The average molecular weight is 514 g/mol. The molecular formula is C24H28ClN7O4. The maximum atomic E-state index is 13.2. The van der Waals surface area contributed by atoms with Gasteiger partial charge in [0.2, 0.25) is 5.91 Å². The number of carbonyl (C=O) groups excluding carboxylic acids is 1. The molecule has 3 N–H and O–H groups in total. The number of carbonyl (C=O) groups is 1. The van der Waals surface area contributed by atoms with Crippen molar-refractivity contribution in [1.82, 2.24) is 24.8 Å². The summed E-state index contributed by atoms with van der Waals surface area (Å²) in [6.07, 6.45) is 3.66. The van der Waals surface area contributed by atoms with Crippen LogP contribution in [-0.2, 0) is 4.79 Å². The molecule has 36 heavy (non-hydrogen) atoms. The van der Waals surface area contributed by atoms with E-state index in [2.05, 4.69) is 24.8 Å². The number of halogens is 1. The number of hydrogen-bond donors (Lipinski definition) is 3. The number of aromatic hydroxyl groups is 1. The third kappa shape index (κ3) is 4.69. The van der Waals surface area contributed by atoms with Crippen molar-refractivity contribution in [2.75, 3.05) is 57.9 Å². The van der Waals surface area contributed by atoms with Gasteiger partial charge in [-0.3, -0.25) is 14.7 Å². The van der Waals surface area contributed by atoms with Crippen LogP contribution in [0.15, 0.2) is 29.5 Å². The average Bonchev–Trinajstić information content (AvgIpc) is 3.21.